The van der Waals surface area contributed by atoms with Crippen LogP contribution in [-0.2, 0) is 34.0 Å². The van der Waals surface area contributed by atoms with Crippen LogP contribution in [-0.4, -0.2) is 37.8 Å². The lowest BCUT2D eigenvalue weighted by Crippen LogP contribution is -2.32. The Balaban J connectivity index is 1.95. The molecule has 0 spiro atoms. The van der Waals surface area contributed by atoms with Gasteiger partial charge >= 0.3 is 6.18 Å². The predicted octanol–water partition coefficient (Wildman–Crippen LogP) is 3.70. The summed E-state index contributed by atoms with van der Waals surface area (Å²) >= 11 is 6.99. The molecular formula is C17H19ClF3N3O3S2. The van der Waals surface area contributed by atoms with Gasteiger partial charge < -0.3 is 4.90 Å². The van der Waals surface area contributed by atoms with E-state index < -0.39 is 31.7 Å². The van der Waals surface area contributed by atoms with Crippen LogP contribution in [0.25, 0.3) is 0 Å². The lowest BCUT2D eigenvalue weighted by Gasteiger charge is -2.16. The summed E-state index contributed by atoms with van der Waals surface area (Å²) in [6, 6.07) is 2.31. The molecule has 0 unspecified atom stereocenters. The van der Waals surface area contributed by atoms with E-state index in [0.717, 1.165) is 29.3 Å². The van der Waals surface area contributed by atoms with Crippen LogP contribution >= 0.6 is 22.9 Å². The second-order valence-corrected chi connectivity index (χ2v) is 9.24. The Morgan fingerprint density at radius 1 is 1.34 bits per heavy atom. The zero-order chi connectivity index (χ0) is 21.8. The maximum atomic E-state index is 12.9. The number of carbonyl (C=O) groups is 1. The van der Waals surface area contributed by atoms with Crippen LogP contribution in [0.5, 0.6) is 0 Å². The molecule has 2 aromatic rings. The number of sulfonamides is 1. The summed E-state index contributed by atoms with van der Waals surface area (Å²) in [5.41, 5.74) is -0.503. The number of hydrogen-bond acceptors (Lipinski definition) is 5. The molecule has 1 amide bonds. The quantitative estimate of drug-likeness (QED) is 0.639. The molecule has 0 aliphatic heterocycles. The van der Waals surface area contributed by atoms with Crippen LogP contribution in [0.3, 0.4) is 0 Å². The lowest BCUT2D eigenvalue weighted by atomic mass is 10.2. The zero-order valence-electron chi connectivity index (χ0n) is 15.6. The Morgan fingerprint density at radius 2 is 2.03 bits per heavy atom. The molecule has 12 heteroatoms. The van der Waals surface area contributed by atoms with Gasteiger partial charge in [-0.1, -0.05) is 18.5 Å². The summed E-state index contributed by atoms with van der Waals surface area (Å²) in [7, 11) is -2.66. The van der Waals surface area contributed by atoms with Crippen LogP contribution in [0.2, 0.25) is 5.02 Å². The van der Waals surface area contributed by atoms with Crippen LogP contribution < -0.4 is 4.72 Å². The van der Waals surface area contributed by atoms with Gasteiger partial charge in [0.1, 0.15) is 0 Å². The van der Waals surface area contributed by atoms with Crippen LogP contribution in [0, 0.1) is 0 Å². The normalized spacial score (nSPS) is 12.2. The van der Waals surface area contributed by atoms with Crippen molar-refractivity contribution in [1.82, 2.24) is 14.6 Å². The summed E-state index contributed by atoms with van der Waals surface area (Å²) in [5.74, 6) is -0.328. The first-order valence-corrected chi connectivity index (χ1v) is 11.2. The van der Waals surface area contributed by atoms with Gasteiger partial charge in [0, 0.05) is 25.4 Å². The van der Waals surface area contributed by atoms with Gasteiger partial charge in [0.15, 0.2) is 0 Å². The van der Waals surface area contributed by atoms with Gasteiger partial charge in [-0.3, -0.25) is 4.79 Å². The van der Waals surface area contributed by atoms with Crippen molar-refractivity contribution in [2.45, 2.75) is 37.4 Å². The number of hydrogen-bond donors (Lipinski definition) is 1. The van der Waals surface area contributed by atoms with Crippen molar-refractivity contribution in [1.29, 1.82) is 0 Å². The average molecular weight is 470 g/mol. The Kier molecular flexibility index (Phi) is 7.66. The number of benzene rings is 1. The smallest absolute Gasteiger partial charge is 0.340 e. The minimum absolute atomic E-state index is 0.153. The van der Waals surface area contributed by atoms with Crippen molar-refractivity contribution in [2.75, 3.05) is 13.6 Å². The molecule has 29 heavy (non-hydrogen) atoms. The number of halogens is 4. The molecule has 0 radical (unpaired) electrons. The fourth-order valence-corrected chi connectivity index (χ4v) is 4.39. The Hall–Kier alpha value is -1.69. The standard InChI is InChI=1S/C17H19ClF3N3O3S2/c1-3-15-23-11(10-28-15)9-24(2)16(25)6-7-22-29(26,27)12-4-5-14(18)13(8-12)17(19,20)21/h4-5,8,10,22H,3,6-7,9H2,1-2H3. The molecular weight excluding hydrogens is 451 g/mol. The monoisotopic (exact) mass is 469 g/mol. The van der Waals surface area contributed by atoms with Crippen molar-refractivity contribution >= 4 is 38.9 Å². The van der Waals surface area contributed by atoms with Gasteiger partial charge in [-0.25, -0.2) is 18.1 Å². The Morgan fingerprint density at radius 3 is 2.62 bits per heavy atom. The average Bonchev–Trinajstić information content (AvgIpc) is 3.08. The molecule has 1 aromatic heterocycles. The van der Waals surface area contributed by atoms with E-state index in [1.165, 1.54) is 16.2 Å². The van der Waals surface area contributed by atoms with E-state index in [0.29, 0.717) is 6.07 Å². The molecule has 0 fully saturated rings. The van der Waals surface area contributed by atoms with Crippen molar-refractivity contribution < 1.29 is 26.4 Å². The number of alkyl halides is 3. The molecule has 0 saturated carbocycles. The van der Waals surface area contributed by atoms with E-state index in [-0.39, 0.29) is 25.4 Å². The van der Waals surface area contributed by atoms with Gasteiger partial charge in [0.25, 0.3) is 0 Å². The van der Waals surface area contributed by atoms with Crippen molar-refractivity contribution in [3.8, 4) is 0 Å². The molecule has 0 atom stereocenters. The highest BCUT2D eigenvalue weighted by molar-refractivity contribution is 7.89. The van der Waals surface area contributed by atoms with Crippen molar-refractivity contribution in [3.63, 3.8) is 0 Å². The van der Waals surface area contributed by atoms with Crippen LogP contribution in [0.4, 0.5) is 13.2 Å². The van der Waals surface area contributed by atoms with E-state index in [9.17, 15) is 26.4 Å². The van der Waals surface area contributed by atoms with Crippen molar-refractivity contribution in [3.05, 3.63) is 44.9 Å². The molecule has 0 aliphatic rings. The van der Waals surface area contributed by atoms with E-state index in [1.807, 2.05) is 12.3 Å². The third-order valence-electron chi connectivity index (χ3n) is 3.91. The first-order valence-electron chi connectivity index (χ1n) is 8.47. The molecule has 0 saturated heterocycles. The molecule has 160 valence electrons. The number of carbonyl (C=O) groups excluding carboxylic acids is 1. The van der Waals surface area contributed by atoms with Crippen LogP contribution in [0.1, 0.15) is 29.6 Å². The largest absolute Gasteiger partial charge is 0.417 e. The number of amides is 1. The van der Waals surface area contributed by atoms with E-state index in [1.54, 1.807) is 7.05 Å². The number of nitrogens with zero attached hydrogens (tertiary/aromatic N) is 2. The SMILES string of the molecule is CCc1nc(CN(C)C(=O)CCNS(=O)(=O)c2ccc(Cl)c(C(F)(F)F)c2)cs1. The number of aromatic nitrogens is 1. The second kappa shape index (κ2) is 9.41. The fraction of sp³-hybridized carbons (Fsp3) is 0.412. The zero-order valence-corrected chi connectivity index (χ0v) is 18.0. The first-order chi connectivity index (χ1) is 13.4. The van der Waals surface area contributed by atoms with E-state index >= 15 is 0 Å². The number of nitrogens with one attached hydrogen (secondary N) is 1. The Labute approximate surface area is 175 Å². The van der Waals surface area contributed by atoms with Crippen molar-refractivity contribution in [2.24, 2.45) is 0 Å². The Bertz CT molecular complexity index is 978. The second-order valence-electron chi connectivity index (χ2n) is 6.12. The summed E-state index contributed by atoms with van der Waals surface area (Å²) in [4.78, 5) is 17.4. The number of aryl methyl sites for hydroxylation is 1. The highest BCUT2D eigenvalue weighted by atomic mass is 35.5. The summed E-state index contributed by atoms with van der Waals surface area (Å²) < 4.78 is 65.4. The highest BCUT2D eigenvalue weighted by Gasteiger charge is 2.34. The summed E-state index contributed by atoms with van der Waals surface area (Å²) in [6.07, 6.45) is -4.14. The topological polar surface area (TPSA) is 79.4 Å². The third-order valence-corrected chi connectivity index (χ3v) is 6.74. The summed E-state index contributed by atoms with van der Waals surface area (Å²) in [5, 5.41) is 2.21. The maximum absolute atomic E-state index is 12.9. The molecule has 0 aliphatic carbocycles. The minimum atomic E-state index is -4.78. The molecule has 1 heterocycles. The fourth-order valence-electron chi connectivity index (χ4n) is 2.37. The summed E-state index contributed by atoms with van der Waals surface area (Å²) in [6.45, 7) is 2.00. The molecule has 0 bridgehead atoms. The molecule has 1 N–H and O–H groups in total. The number of rotatable bonds is 8. The van der Waals surface area contributed by atoms with E-state index in [2.05, 4.69) is 9.71 Å². The molecule has 6 nitrogen and oxygen atoms in total. The minimum Gasteiger partial charge on any atom is -0.340 e. The third kappa shape index (κ3) is 6.39. The van der Waals surface area contributed by atoms with Gasteiger partial charge in [0.2, 0.25) is 15.9 Å². The predicted molar refractivity (Wildman–Crippen MR) is 104 cm³/mol. The maximum Gasteiger partial charge on any atom is 0.417 e. The van der Waals surface area contributed by atoms with Gasteiger partial charge in [0.05, 0.1) is 32.7 Å². The van der Waals surface area contributed by atoms with Gasteiger partial charge in [-0.15, -0.1) is 11.3 Å². The van der Waals surface area contributed by atoms with E-state index in [4.69, 9.17) is 11.6 Å². The van der Waals surface area contributed by atoms with Gasteiger partial charge in [-0.2, -0.15) is 13.2 Å². The van der Waals surface area contributed by atoms with Crippen LogP contribution in [0.15, 0.2) is 28.5 Å². The highest BCUT2D eigenvalue weighted by Crippen LogP contribution is 2.35. The molecule has 2 rings (SSSR count). The number of thiazole rings is 1. The first kappa shape index (κ1) is 23.6. The lowest BCUT2D eigenvalue weighted by molar-refractivity contribution is -0.137. The van der Waals surface area contributed by atoms with Gasteiger partial charge in [-0.05, 0) is 24.6 Å². The molecule has 1 aromatic carbocycles.